The van der Waals surface area contributed by atoms with Gasteiger partial charge >= 0.3 is 25.2 Å². The maximum absolute atomic E-state index is 14.6. The molecule has 1 N–H and O–H groups in total. The summed E-state index contributed by atoms with van der Waals surface area (Å²) in [6.07, 6.45) is 20.6. The summed E-state index contributed by atoms with van der Waals surface area (Å²) >= 11 is 0. The fourth-order valence-electron chi connectivity index (χ4n) is 18.2. The largest absolute Gasteiger partial charge is 2.00 e. The minimum Gasteiger partial charge on any atom is -0.657 e. The van der Waals surface area contributed by atoms with Gasteiger partial charge in [0.2, 0.25) is 0 Å². The molecule has 18 heteroatoms. The third kappa shape index (κ3) is 23.0. The number of nitrogens with one attached hydrogen (secondary N) is 1. The zero-order valence-corrected chi connectivity index (χ0v) is 83.5. The van der Waals surface area contributed by atoms with Crippen molar-refractivity contribution in [2.24, 2.45) is 0 Å². The molecule has 4 aromatic heterocycles. The van der Waals surface area contributed by atoms with Crippen molar-refractivity contribution < 1.29 is 47.5 Å². The van der Waals surface area contributed by atoms with Gasteiger partial charge in [0.05, 0.1) is 68.8 Å². The summed E-state index contributed by atoms with van der Waals surface area (Å²) in [7, 11) is 1.46. The summed E-state index contributed by atoms with van der Waals surface area (Å²) in [6, 6.07) is 48.2. The number of hydrogen-bond donors (Lipinski definition) is 1. The first-order valence-corrected chi connectivity index (χ1v) is 47.8. The van der Waals surface area contributed by atoms with E-state index in [1.807, 2.05) is 91.0 Å². The molecule has 16 nitrogen and oxygen atoms in total. The predicted molar refractivity (Wildman–Crippen MR) is 519 cm³/mol. The first kappa shape index (κ1) is 98.5. The number of fused-ring (bicyclic) bond motifs is 8. The minimum absolute atomic E-state index is 0. The van der Waals surface area contributed by atoms with Gasteiger partial charge in [0.15, 0.2) is 0 Å². The Hall–Kier alpha value is -9.12. The molecule has 0 spiro atoms. The van der Waals surface area contributed by atoms with Crippen molar-refractivity contribution in [1.29, 1.82) is 5.26 Å². The number of aromatic nitrogens is 6. The van der Waals surface area contributed by atoms with Gasteiger partial charge in [-0.05, 0) is 221 Å². The molecule has 3 aliphatic heterocycles. The average molecular weight is 1780 g/mol. The van der Waals surface area contributed by atoms with E-state index in [2.05, 4.69) is 195 Å². The molecular weight excluding hydrogens is 1650 g/mol. The molecular formula is C109H137N8O8PZn. The number of H-pyrrole nitrogens is 1. The van der Waals surface area contributed by atoms with Crippen LogP contribution in [0.4, 0.5) is 0 Å². The van der Waals surface area contributed by atoms with Gasteiger partial charge in [-0.2, -0.15) is 5.26 Å². The normalized spacial score (nSPS) is 15.2. The summed E-state index contributed by atoms with van der Waals surface area (Å²) in [5.41, 5.74) is 24.4. The van der Waals surface area contributed by atoms with Crippen LogP contribution in [0.25, 0.3) is 66.6 Å². The zero-order chi connectivity index (χ0) is 90.2. The first-order valence-electron chi connectivity index (χ1n) is 46.7. The Bertz CT molecular complexity index is 5500. The molecule has 8 bridgehead atoms. The number of ether oxygens (including phenoxy) is 4. The second-order valence-corrected chi connectivity index (χ2v) is 38.7. The molecule has 7 heterocycles. The number of benzene rings is 5. The van der Waals surface area contributed by atoms with Gasteiger partial charge < -0.3 is 38.0 Å². The fourth-order valence-corrected chi connectivity index (χ4v) is 20.0. The molecule has 0 radical (unpaired) electrons. The predicted octanol–water partition coefficient (Wildman–Crippen LogP) is 26.4. The summed E-state index contributed by atoms with van der Waals surface area (Å²) in [4.78, 5) is 55.6. The molecule has 127 heavy (non-hydrogen) atoms. The van der Waals surface area contributed by atoms with E-state index in [0.29, 0.717) is 17.1 Å². The zero-order valence-electron chi connectivity index (χ0n) is 79.7. The molecule has 4 atom stereocenters. The van der Waals surface area contributed by atoms with E-state index in [0.717, 1.165) is 210 Å². The number of allylic oxidation sites excluding steroid dienone is 4. The third-order valence-electron chi connectivity index (χ3n) is 25.5. The van der Waals surface area contributed by atoms with Gasteiger partial charge in [0.25, 0.3) is 14.1 Å². The van der Waals surface area contributed by atoms with Gasteiger partial charge in [0.1, 0.15) is 35.0 Å². The van der Waals surface area contributed by atoms with Crippen molar-refractivity contribution in [2.45, 2.75) is 313 Å². The average Bonchev–Trinajstić information content (AvgIpc) is 1.70. The number of rotatable bonds is 39. The van der Waals surface area contributed by atoms with Gasteiger partial charge in [-0.15, -0.1) is 22.1 Å². The van der Waals surface area contributed by atoms with Crippen LogP contribution in [-0.2, 0) is 67.3 Å². The molecule has 0 saturated carbocycles. The number of aromatic amines is 1. The summed E-state index contributed by atoms with van der Waals surface area (Å²) in [6.45, 7) is 40.8. The van der Waals surface area contributed by atoms with E-state index in [1.54, 1.807) is 14.2 Å². The van der Waals surface area contributed by atoms with E-state index in [9.17, 15) is 14.9 Å². The van der Waals surface area contributed by atoms with Crippen LogP contribution in [-0.4, -0.2) is 75.9 Å². The van der Waals surface area contributed by atoms with Crippen LogP contribution in [0.1, 0.15) is 329 Å². The second kappa shape index (κ2) is 44.9. The Morgan fingerprint density at radius 2 is 1.05 bits per heavy atom. The van der Waals surface area contributed by atoms with Gasteiger partial charge in [-0.3, -0.25) is 14.3 Å². The van der Waals surface area contributed by atoms with E-state index >= 15 is 0 Å². The molecule has 1 unspecified atom stereocenters. The summed E-state index contributed by atoms with van der Waals surface area (Å²) < 4.78 is 43.4. The Kier molecular flexibility index (Phi) is 34.8. The molecule has 3 aliphatic rings. The second-order valence-electron chi connectivity index (χ2n) is 37.3. The Labute approximate surface area is 771 Å². The monoisotopic (exact) mass is 1780 g/mol. The van der Waals surface area contributed by atoms with E-state index in [-0.39, 0.29) is 74.0 Å². The minimum atomic E-state index is -1.82. The fraction of sp³-hybridized carbons (Fsp3) is 0.477. The van der Waals surface area contributed by atoms with Crippen molar-refractivity contribution in [3.63, 3.8) is 0 Å². The Morgan fingerprint density at radius 1 is 0.575 bits per heavy atom. The summed E-state index contributed by atoms with van der Waals surface area (Å²) in [5.74, 6) is 7.93. The van der Waals surface area contributed by atoms with Crippen molar-refractivity contribution in [2.75, 3.05) is 27.4 Å². The number of methoxy groups -OCH3 is 2. The van der Waals surface area contributed by atoms with E-state index in [1.165, 1.54) is 68.2 Å². The van der Waals surface area contributed by atoms with Crippen LogP contribution in [0.15, 0.2) is 149 Å². The van der Waals surface area contributed by atoms with Crippen molar-refractivity contribution in [1.82, 2.24) is 34.2 Å². The van der Waals surface area contributed by atoms with Crippen molar-refractivity contribution in [3.05, 3.63) is 244 Å². The van der Waals surface area contributed by atoms with Crippen LogP contribution in [0.2, 0.25) is 0 Å². The smallest absolute Gasteiger partial charge is 0.657 e. The quantitative estimate of drug-likeness (QED) is 0.0126. The molecule has 1 fully saturated rings. The van der Waals surface area contributed by atoms with Crippen molar-refractivity contribution >= 4 is 52.9 Å². The number of nitrogens with zero attached hydrogens (tertiary/aromatic N) is 7. The number of nitriles is 1. The van der Waals surface area contributed by atoms with Gasteiger partial charge in [-0.25, -0.2) is 19.4 Å². The molecule has 9 aromatic rings. The Balaban J connectivity index is 0.0000156. The molecule has 0 aliphatic carbocycles. The van der Waals surface area contributed by atoms with Crippen molar-refractivity contribution in [3.8, 4) is 51.7 Å². The number of unbranched alkanes of at least 4 members (excludes halogenated alkanes) is 12. The standard InChI is InChI=1S/C109H138N8O8P.Zn/c1-21-25-29-36-43-88-73(9)101-99(102-74(10)89(44-37-30-26-22-2)93(112-102)67-95-91(46-39-32-28-24-4)76(12)104(114-95)100(80-63-84(107(13,14)15)65-85(64-80)108(16,17)18)103-75(11)90(45-38-31-27-23-3)94(113-103)66-92(88)111-101)78-50-47-77(48-51-78)49-52-79-69-116(106(119)115-105(79)118)98-68-96(125-126(123-62-40-61-110)117(71(5)6)72(7)8)97(124-98)70-122-109(81-41-34-33-35-42-81,82-53-57-86(120-19)58-54-82)83-55-59-87(121-20)60-56-83;/h33-35,41-42,47-48,50-51,53-60,63-67,69,71-72,96-98H,21-32,36-40,43-46,62,68,70H2,1-20H3,(H2-,111,112,113,114,115,118,119);/q-1;+2/p-1/t96-,97+,98+,126?;/m0./s1. The van der Waals surface area contributed by atoms with Gasteiger partial charge in [0, 0.05) is 35.8 Å². The molecule has 1 saturated heterocycles. The van der Waals surface area contributed by atoms with E-state index in [4.69, 9.17) is 47.9 Å². The van der Waals surface area contributed by atoms with Crippen LogP contribution in [0.5, 0.6) is 11.5 Å². The SMILES string of the molecule is CCCCCCC1=C(C)c2nc1cc1[n-]c(c(C)c1CCCCCC)c(-c1ccc(C#Cc3cn([C@H]4C[C@H](OP(OCCC#N)N(C(C)C)C(C)C)[C@@H](COC(c5ccccc5)(c5ccc(OC)cc5)c5ccc(OC)cc5)O4)c(=O)[nH]c3=O)cc1)c1[n-]c(cc3nc(c2-c2cc(C(C)(C)C)cc(C(C)(C)C)c2)C(C)=C3CCCCCC)c(CCCCCC)c1C.[Zn+2]. The first-order chi connectivity index (χ1) is 60.6. The van der Waals surface area contributed by atoms with Gasteiger partial charge in [-0.1, -0.05) is 277 Å². The van der Waals surface area contributed by atoms with Crippen LogP contribution in [0, 0.1) is 37.0 Å². The summed E-state index contributed by atoms with van der Waals surface area (Å²) in [5, 5.41) is 9.78. The maximum atomic E-state index is 14.6. The maximum Gasteiger partial charge on any atom is 2.00 e. The molecule has 0 amide bonds. The number of hydrogen-bond acceptors (Lipinski definition) is 12. The van der Waals surface area contributed by atoms with Crippen LogP contribution >= 0.6 is 8.53 Å². The van der Waals surface area contributed by atoms with Crippen LogP contribution < -0.4 is 30.7 Å². The molecule has 12 rings (SSSR count). The molecule has 668 valence electrons. The van der Waals surface area contributed by atoms with Crippen LogP contribution in [0.3, 0.4) is 0 Å². The molecule has 5 aromatic carbocycles. The Morgan fingerprint density at radius 3 is 1.50 bits per heavy atom. The number of aryl methyl sites for hydroxylation is 4. The third-order valence-corrected chi connectivity index (χ3v) is 27.6. The topological polar surface area (TPSA) is 191 Å². The van der Waals surface area contributed by atoms with E-state index < -0.39 is 43.8 Å².